The molecule has 0 radical (unpaired) electrons. The van der Waals surface area contributed by atoms with Crippen molar-refractivity contribution in [1.29, 1.82) is 0 Å². The molecule has 2 rings (SSSR count). The number of carbonyl (C=O) groups is 1. The third-order valence-corrected chi connectivity index (χ3v) is 4.55. The molecule has 1 saturated heterocycles. The van der Waals surface area contributed by atoms with Gasteiger partial charge < -0.3 is 10.0 Å². The second-order valence-corrected chi connectivity index (χ2v) is 5.84. The lowest BCUT2D eigenvalue weighted by Gasteiger charge is -2.34. The number of halogens is 2. The third kappa shape index (κ3) is 2.51. The van der Waals surface area contributed by atoms with Gasteiger partial charge in [-0.1, -0.05) is 28.9 Å². The molecule has 1 fully saturated rings. The van der Waals surface area contributed by atoms with Gasteiger partial charge in [-0.15, -0.1) is 0 Å². The van der Waals surface area contributed by atoms with E-state index in [1.54, 1.807) is 4.90 Å². The zero-order chi connectivity index (χ0) is 13.3. The van der Waals surface area contributed by atoms with Gasteiger partial charge in [0.1, 0.15) is 17.1 Å². The zero-order valence-corrected chi connectivity index (χ0v) is 11.7. The maximum absolute atomic E-state index is 13.6. The highest BCUT2D eigenvalue weighted by atomic mass is 79.9. The number of alkyl halides is 1. The lowest BCUT2D eigenvalue weighted by atomic mass is 9.98. The fraction of sp³-hybridized carbons (Fsp3) is 0.462. The molecule has 1 aliphatic heterocycles. The van der Waals surface area contributed by atoms with Crippen LogP contribution in [0.4, 0.5) is 4.39 Å². The molecule has 2 atom stereocenters. The average molecular weight is 316 g/mol. The first-order valence-electron chi connectivity index (χ1n) is 5.91. The van der Waals surface area contributed by atoms with E-state index in [1.165, 1.54) is 18.2 Å². The van der Waals surface area contributed by atoms with E-state index < -0.39 is 11.7 Å². The second kappa shape index (κ2) is 5.26. The van der Waals surface area contributed by atoms with Crippen molar-refractivity contribution in [1.82, 2.24) is 4.90 Å². The molecular formula is C13H15BrFNO2. The summed E-state index contributed by atoms with van der Waals surface area (Å²) in [6.45, 7) is 3.24. The summed E-state index contributed by atoms with van der Waals surface area (Å²) in [5.41, 5.74) is -0.230. The van der Waals surface area contributed by atoms with Gasteiger partial charge in [0, 0.05) is 17.9 Å². The Kier molecular flexibility index (Phi) is 3.90. The minimum Gasteiger partial charge on any atom is -0.507 e. The van der Waals surface area contributed by atoms with Crippen LogP contribution in [0.5, 0.6) is 5.75 Å². The van der Waals surface area contributed by atoms with Crippen LogP contribution in [-0.2, 0) is 0 Å². The van der Waals surface area contributed by atoms with Crippen LogP contribution in [0.15, 0.2) is 18.2 Å². The van der Waals surface area contributed by atoms with E-state index in [9.17, 15) is 14.3 Å². The van der Waals surface area contributed by atoms with Crippen LogP contribution < -0.4 is 0 Å². The van der Waals surface area contributed by atoms with Gasteiger partial charge in [-0.25, -0.2) is 4.39 Å². The molecule has 1 N–H and O–H groups in total. The maximum Gasteiger partial charge on any atom is 0.260 e. The predicted octanol–water partition coefficient (Wildman–Crippen LogP) is 2.78. The van der Waals surface area contributed by atoms with Crippen molar-refractivity contribution in [2.24, 2.45) is 5.92 Å². The smallest absolute Gasteiger partial charge is 0.260 e. The number of likely N-dealkylation sites (tertiary alicyclic amines) is 1. The van der Waals surface area contributed by atoms with Crippen LogP contribution >= 0.6 is 15.9 Å². The molecule has 1 aliphatic rings. The van der Waals surface area contributed by atoms with Gasteiger partial charge >= 0.3 is 0 Å². The summed E-state index contributed by atoms with van der Waals surface area (Å²) in [7, 11) is 0. The summed E-state index contributed by atoms with van der Waals surface area (Å²) in [6, 6.07) is 3.90. The number of amides is 1. The summed E-state index contributed by atoms with van der Waals surface area (Å²) >= 11 is 3.52. The van der Waals surface area contributed by atoms with Crippen LogP contribution in [0.2, 0.25) is 0 Å². The fourth-order valence-corrected chi connectivity index (χ4v) is 2.70. The van der Waals surface area contributed by atoms with Gasteiger partial charge in [0.05, 0.1) is 0 Å². The van der Waals surface area contributed by atoms with Gasteiger partial charge in [0.2, 0.25) is 0 Å². The SMILES string of the molecule is CC1CCN(C(=O)c2c(O)cccc2F)CC1Br. The molecule has 0 aromatic heterocycles. The van der Waals surface area contributed by atoms with E-state index >= 15 is 0 Å². The number of hydrogen-bond acceptors (Lipinski definition) is 2. The zero-order valence-electron chi connectivity index (χ0n) is 10.1. The number of aromatic hydroxyl groups is 1. The number of nitrogens with zero attached hydrogens (tertiary/aromatic N) is 1. The first-order valence-corrected chi connectivity index (χ1v) is 6.83. The molecule has 0 spiro atoms. The number of hydrogen-bond donors (Lipinski definition) is 1. The van der Waals surface area contributed by atoms with Crippen molar-refractivity contribution in [3.05, 3.63) is 29.6 Å². The van der Waals surface area contributed by atoms with Crippen molar-refractivity contribution in [2.75, 3.05) is 13.1 Å². The molecule has 0 saturated carbocycles. The Morgan fingerprint density at radius 3 is 2.89 bits per heavy atom. The Morgan fingerprint density at radius 1 is 1.56 bits per heavy atom. The first-order chi connectivity index (χ1) is 8.50. The second-order valence-electron chi connectivity index (χ2n) is 4.67. The summed E-state index contributed by atoms with van der Waals surface area (Å²) in [4.78, 5) is 14.0. The molecule has 5 heteroatoms. The van der Waals surface area contributed by atoms with Crippen molar-refractivity contribution < 1.29 is 14.3 Å². The van der Waals surface area contributed by atoms with Crippen LogP contribution in [0, 0.1) is 11.7 Å². The Hall–Kier alpha value is -1.10. The molecule has 1 amide bonds. The summed E-state index contributed by atoms with van der Waals surface area (Å²) in [6.07, 6.45) is 0.872. The number of phenolic OH excluding ortho intramolecular Hbond substituents is 1. The fourth-order valence-electron chi connectivity index (χ4n) is 2.09. The Balaban J connectivity index is 2.22. The van der Waals surface area contributed by atoms with Gasteiger partial charge in [-0.05, 0) is 24.5 Å². The standard InChI is InChI=1S/C13H15BrFNO2/c1-8-5-6-16(7-9(8)14)13(18)12-10(15)3-2-4-11(12)17/h2-4,8-9,17H,5-7H2,1H3. The number of rotatable bonds is 1. The molecule has 1 aromatic rings. The minimum absolute atomic E-state index is 0.212. The van der Waals surface area contributed by atoms with Crippen molar-refractivity contribution in [2.45, 2.75) is 18.2 Å². The van der Waals surface area contributed by atoms with Gasteiger partial charge in [0.15, 0.2) is 0 Å². The molecule has 98 valence electrons. The van der Waals surface area contributed by atoms with E-state index in [4.69, 9.17) is 0 Å². The Bertz CT molecular complexity index is 446. The quantitative estimate of drug-likeness (QED) is 0.810. The molecule has 1 heterocycles. The van der Waals surface area contributed by atoms with E-state index in [1.807, 2.05) is 0 Å². The summed E-state index contributed by atoms with van der Waals surface area (Å²) in [5.74, 6) is -0.931. The largest absolute Gasteiger partial charge is 0.507 e. The highest BCUT2D eigenvalue weighted by molar-refractivity contribution is 9.09. The molecular weight excluding hydrogens is 301 g/mol. The highest BCUT2D eigenvalue weighted by Crippen LogP contribution is 2.27. The number of benzene rings is 1. The maximum atomic E-state index is 13.6. The Labute approximate surface area is 114 Å². The van der Waals surface area contributed by atoms with Crippen molar-refractivity contribution in [3.8, 4) is 5.75 Å². The normalized spacial score (nSPS) is 24.1. The highest BCUT2D eigenvalue weighted by Gasteiger charge is 2.30. The van der Waals surface area contributed by atoms with Gasteiger partial charge in [-0.2, -0.15) is 0 Å². The molecule has 18 heavy (non-hydrogen) atoms. The van der Waals surface area contributed by atoms with E-state index in [0.717, 1.165) is 6.42 Å². The number of phenols is 1. The van der Waals surface area contributed by atoms with E-state index in [-0.39, 0.29) is 16.1 Å². The molecule has 1 aromatic carbocycles. The van der Waals surface area contributed by atoms with Crippen LogP contribution in [0.1, 0.15) is 23.7 Å². The monoisotopic (exact) mass is 315 g/mol. The van der Waals surface area contributed by atoms with E-state index in [0.29, 0.717) is 19.0 Å². The van der Waals surface area contributed by atoms with Crippen LogP contribution in [-0.4, -0.2) is 33.8 Å². The van der Waals surface area contributed by atoms with Gasteiger partial charge in [-0.3, -0.25) is 4.79 Å². The van der Waals surface area contributed by atoms with Crippen LogP contribution in [0.3, 0.4) is 0 Å². The summed E-state index contributed by atoms with van der Waals surface area (Å²) < 4.78 is 13.6. The third-order valence-electron chi connectivity index (χ3n) is 3.36. The lowest BCUT2D eigenvalue weighted by molar-refractivity contribution is 0.0698. The molecule has 0 bridgehead atoms. The van der Waals surface area contributed by atoms with E-state index in [2.05, 4.69) is 22.9 Å². The Morgan fingerprint density at radius 2 is 2.28 bits per heavy atom. The first kappa shape index (κ1) is 13.3. The molecule has 2 unspecified atom stereocenters. The molecule has 3 nitrogen and oxygen atoms in total. The number of carbonyl (C=O) groups excluding carboxylic acids is 1. The van der Waals surface area contributed by atoms with Crippen molar-refractivity contribution in [3.63, 3.8) is 0 Å². The summed E-state index contributed by atoms with van der Waals surface area (Å²) in [5, 5.41) is 9.61. The lowest BCUT2D eigenvalue weighted by Crippen LogP contribution is -2.43. The number of piperidine rings is 1. The molecule has 0 aliphatic carbocycles. The predicted molar refractivity (Wildman–Crippen MR) is 70.5 cm³/mol. The van der Waals surface area contributed by atoms with Gasteiger partial charge in [0.25, 0.3) is 5.91 Å². The van der Waals surface area contributed by atoms with Crippen LogP contribution in [0.25, 0.3) is 0 Å². The minimum atomic E-state index is -0.676. The van der Waals surface area contributed by atoms with Crippen molar-refractivity contribution >= 4 is 21.8 Å². The topological polar surface area (TPSA) is 40.5 Å². The average Bonchev–Trinajstić information content (AvgIpc) is 2.32.